The molecule has 0 unspecified atom stereocenters. The maximum absolute atomic E-state index is 11.1. The third-order valence-electron chi connectivity index (χ3n) is 3.33. The summed E-state index contributed by atoms with van der Waals surface area (Å²) in [6.07, 6.45) is 1.29. The topological polar surface area (TPSA) is 29.5 Å². The Kier molecular flexibility index (Phi) is 5.20. The summed E-state index contributed by atoms with van der Waals surface area (Å²) in [5.41, 5.74) is 5.14. The van der Waals surface area contributed by atoms with Gasteiger partial charge in [-0.25, -0.2) is 0 Å². The van der Waals surface area contributed by atoms with Crippen LogP contribution in [0.25, 0.3) is 0 Å². The molecule has 0 aromatic heterocycles. The van der Waals surface area contributed by atoms with Crippen molar-refractivity contribution in [3.63, 3.8) is 0 Å². The molecule has 18 heavy (non-hydrogen) atoms. The van der Waals surface area contributed by atoms with Gasteiger partial charge in [0, 0.05) is 25.7 Å². The van der Waals surface area contributed by atoms with Gasteiger partial charge >= 0.3 is 5.97 Å². The second kappa shape index (κ2) is 6.43. The molecule has 0 heterocycles. The zero-order valence-corrected chi connectivity index (χ0v) is 12.0. The highest BCUT2D eigenvalue weighted by Crippen LogP contribution is 2.23. The third-order valence-corrected chi connectivity index (χ3v) is 3.33. The molecule has 100 valence electrons. The van der Waals surface area contributed by atoms with Crippen LogP contribution in [0.2, 0.25) is 0 Å². The van der Waals surface area contributed by atoms with Crippen LogP contribution in [-0.4, -0.2) is 26.7 Å². The molecule has 0 radical (unpaired) electrons. The molecule has 0 aliphatic rings. The maximum atomic E-state index is 11.1. The normalized spacial score (nSPS) is 10.3. The number of methoxy groups -OCH3 is 1. The Morgan fingerprint density at radius 3 is 2.39 bits per heavy atom. The summed E-state index contributed by atoms with van der Waals surface area (Å²) < 4.78 is 4.64. The Morgan fingerprint density at radius 1 is 1.17 bits per heavy atom. The van der Waals surface area contributed by atoms with Gasteiger partial charge in [-0.1, -0.05) is 6.07 Å². The minimum absolute atomic E-state index is 0.139. The molecule has 0 saturated heterocycles. The lowest BCUT2D eigenvalue weighted by atomic mass is 10.0. The Labute approximate surface area is 110 Å². The van der Waals surface area contributed by atoms with E-state index in [2.05, 4.69) is 49.6 Å². The van der Waals surface area contributed by atoms with Crippen LogP contribution < -0.4 is 4.90 Å². The van der Waals surface area contributed by atoms with Gasteiger partial charge in [0.15, 0.2) is 0 Å². The minimum atomic E-state index is -0.139. The summed E-state index contributed by atoms with van der Waals surface area (Å²) in [7, 11) is 3.49. The van der Waals surface area contributed by atoms with Crippen LogP contribution in [-0.2, 0) is 9.53 Å². The van der Waals surface area contributed by atoms with Gasteiger partial charge in [-0.2, -0.15) is 0 Å². The zero-order valence-electron chi connectivity index (χ0n) is 12.0. The molecule has 1 aromatic rings. The van der Waals surface area contributed by atoms with Crippen molar-refractivity contribution >= 4 is 11.7 Å². The number of nitrogens with zero attached hydrogens (tertiary/aromatic N) is 1. The highest BCUT2D eigenvalue weighted by Gasteiger charge is 2.08. The first-order valence-corrected chi connectivity index (χ1v) is 6.31. The van der Waals surface area contributed by atoms with Crippen LogP contribution in [0, 0.1) is 20.8 Å². The molecule has 0 amide bonds. The van der Waals surface area contributed by atoms with Crippen LogP contribution in [0.5, 0.6) is 0 Å². The van der Waals surface area contributed by atoms with E-state index in [1.165, 1.54) is 29.5 Å². The smallest absolute Gasteiger partial charge is 0.305 e. The lowest BCUT2D eigenvalue weighted by molar-refractivity contribution is -0.140. The first-order valence-electron chi connectivity index (χ1n) is 6.31. The van der Waals surface area contributed by atoms with Crippen molar-refractivity contribution in [2.75, 3.05) is 25.6 Å². The first kappa shape index (κ1) is 14.6. The molecule has 0 aliphatic carbocycles. The molecule has 1 rings (SSSR count). The zero-order chi connectivity index (χ0) is 13.7. The van der Waals surface area contributed by atoms with Crippen LogP contribution in [0.3, 0.4) is 0 Å². The fourth-order valence-corrected chi connectivity index (χ4v) is 2.04. The molecule has 0 aliphatic heterocycles. The Balaban J connectivity index is 2.64. The van der Waals surface area contributed by atoms with Gasteiger partial charge in [-0.05, 0) is 49.9 Å². The maximum Gasteiger partial charge on any atom is 0.305 e. The Hall–Kier alpha value is -1.51. The molecule has 1 aromatic carbocycles. The number of rotatable bonds is 5. The van der Waals surface area contributed by atoms with Crippen LogP contribution >= 0.6 is 0 Å². The second-order valence-corrected chi connectivity index (χ2v) is 4.82. The van der Waals surface area contributed by atoms with Crippen molar-refractivity contribution in [1.29, 1.82) is 0 Å². The number of anilines is 1. The van der Waals surface area contributed by atoms with Crippen LogP contribution in [0.15, 0.2) is 12.1 Å². The summed E-state index contributed by atoms with van der Waals surface area (Å²) in [6, 6.07) is 4.42. The van der Waals surface area contributed by atoms with E-state index >= 15 is 0 Å². The van der Waals surface area contributed by atoms with E-state index < -0.39 is 0 Å². The number of hydrogen-bond acceptors (Lipinski definition) is 3. The number of esters is 1. The van der Waals surface area contributed by atoms with E-state index in [0.717, 1.165) is 13.0 Å². The highest BCUT2D eigenvalue weighted by molar-refractivity contribution is 5.69. The van der Waals surface area contributed by atoms with E-state index in [1.807, 2.05) is 0 Å². The summed E-state index contributed by atoms with van der Waals surface area (Å²) in [4.78, 5) is 13.3. The van der Waals surface area contributed by atoms with Gasteiger partial charge in [-0.15, -0.1) is 0 Å². The predicted octanol–water partition coefficient (Wildman–Crippen LogP) is 3.00. The number of benzene rings is 1. The van der Waals surface area contributed by atoms with Gasteiger partial charge in [0.1, 0.15) is 0 Å². The number of carbonyl (C=O) groups is 1. The molecule has 3 nitrogen and oxygen atoms in total. The molecule has 0 bridgehead atoms. The van der Waals surface area contributed by atoms with Gasteiger partial charge in [0.2, 0.25) is 0 Å². The average molecular weight is 249 g/mol. The fourth-order valence-electron chi connectivity index (χ4n) is 2.04. The lowest BCUT2D eigenvalue weighted by Crippen LogP contribution is -2.20. The average Bonchev–Trinajstić information content (AvgIpc) is 2.33. The van der Waals surface area contributed by atoms with E-state index in [1.54, 1.807) is 0 Å². The minimum Gasteiger partial charge on any atom is -0.469 e. The number of hydrogen-bond donors (Lipinski definition) is 0. The van der Waals surface area contributed by atoms with Crippen molar-refractivity contribution < 1.29 is 9.53 Å². The van der Waals surface area contributed by atoms with E-state index in [4.69, 9.17) is 0 Å². The Bertz CT molecular complexity index is 427. The summed E-state index contributed by atoms with van der Waals surface area (Å²) in [5, 5.41) is 0. The van der Waals surface area contributed by atoms with Crippen LogP contribution in [0.4, 0.5) is 5.69 Å². The quantitative estimate of drug-likeness (QED) is 0.751. The van der Waals surface area contributed by atoms with Gasteiger partial charge in [0.25, 0.3) is 0 Å². The molecule has 0 spiro atoms. The van der Waals surface area contributed by atoms with Gasteiger partial charge in [-0.3, -0.25) is 4.79 Å². The molecule has 0 atom stereocenters. The van der Waals surface area contributed by atoms with Crippen molar-refractivity contribution in [3.8, 4) is 0 Å². The van der Waals surface area contributed by atoms with E-state index in [0.29, 0.717) is 6.42 Å². The van der Waals surface area contributed by atoms with Gasteiger partial charge in [0.05, 0.1) is 7.11 Å². The molecular weight excluding hydrogens is 226 g/mol. The fraction of sp³-hybridized carbons (Fsp3) is 0.533. The number of carbonyl (C=O) groups excluding carboxylic acids is 1. The van der Waals surface area contributed by atoms with E-state index in [9.17, 15) is 4.79 Å². The summed E-state index contributed by atoms with van der Waals surface area (Å²) in [6.45, 7) is 7.24. The first-order chi connectivity index (χ1) is 8.45. The standard InChI is InChI=1S/C15H23NO2/c1-11-9-13(3)14(10-12(11)2)16(4)8-6-7-15(17)18-5/h9-10H,6-8H2,1-5H3. The van der Waals surface area contributed by atoms with Crippen LogP contribution in [0.1, 0.15) is 29.5 Å². The highest BCUT2D eigenvalue weighted by atomic mass is 16.5. The number of ether oxygens (including phenoxy) is 1. The SMILES string of the molecule is COC(=O)CCCN(C)c1cc(C)c(C)cc1C. The van der Waals surface area contributed by atoms with Crippen molar-refractivity contribution in [1.82, 2.24) is 0 Å². The van der Waals surface area contributed by atoms with Crippen molar-refractivity contribution in [3.05, 3.63) is 28.8 Å². The lowest BCUT2D eigenvalue weighted by Gasteiger charge is -2.22. The Morgan fingerprint density at radius 2 is 1.78 bits per heavy atom. The number of aryl methyl sites for hydroxylation is 3. The molecule has 0 fully saturated rings. The largest absolute Gasteiger partial charge is 0.469 e. The van der Waals surface area contributed by atoms with Gasteiger partial charge < -0.3 is 9.64 Å². The monoisotopic (exact) mass is 249 g/mol. The molecule has 0 N–H and O–H groups in total. The van der Waals surface area contributed by atoms with Crippen molar-refractivity contribution in [2.24, 2.45) is 0 Å². The van der Waals surface area contributed by atoms with Crippen molar-refractivity contribution in [2.45, 2.75) is 33.6 Å². The molecule has 3 heteroatoms. The second-order valence-electron chi connectivity index (χ2n) is 4.82. The molecular formula is C15H23NO2. The summed E-state index contributed by atoms with van der Waals surface area (Å²) in [5.74, 6) is -0.139. The van der Waals surface area contributed by atoms with E-state index in [-0.39, 0.29) is 5.97 Å². The molecule has 0 saturated carbocycles. The predicted molar refractivity (Wildman–Crippen MR) is 75.2 cm³/mol. The summed E-state index contributed by atoms with van der Waals surface area (Å²) >= 11 is 0. The third kappa shape index (κ3) is 3.76.